The van der Waals surface area contributed by atoms with Crippen LogP contribution in [0.2, 0.25) is 0 Å². The lowest BCUT2D eigenvalue weighted by Gasteiger charge is -2.10. The van der Waals surface area contributed by atoms with Gasteiger partial charge in [0.15, 0.2) is 0 Å². The van der Waals surface area contributed by atoms with E-state index in [1.165, 1.54) is 10.9 Å². The van der Waals surface area contributed by atoms with Crippen LogP contribution < -0.4 is 4.74 Å². The van der Waals surface area contributed by atoms with Gasteiger partial charge < -0.3 is 4.74 Å². The molecule has 0 radical (unpaired) electrons. The lowest BCUT2D eigenvalue weighted by atomic mass is 10.1. The summed E-state index contributed by atoms with van der Waals surface area (Å²) in [5.74, 6) is 2.40. The standard InChI is InChI=1S/C33H24N4O/c1-23-16-17-34-33(18-23)37-31-13-6-5-12-29(31)30-15-14-28(20-32(30)37)38-27-11-7-10-26(19-27)36-22-25(21-35-36)24-8-3-2-4-9-24/h2-22H,1H3. The third-order valence-electron chi connectivity index (χ3n) is 6.78. The van der Waals surface area contributed by atoms with E-state index in [1.54, 1.807) is 0 Å². The number of aromatic nitrogens is 4. The monoisotopic (exact) mass is 492 g/mol. The van der Waals surface area contributed by atoms with Crippen LogP contribution in [0.3, 0.4) is 0 Å². The van der Waals surface area contributed by atoms with Crippen LogP contribution >= 0.6 is 0 Å². The molecule has 38 heavy (non-hydrogen) atoms. The normalized spacial score (nSPS) is 11.3. The molecular weight excluding hydrogens is 468 g/mol. The van der Waals surface area contributed by atoms with Gasteiger partial charge in [0.05, 0.1) is 22.9 Å². The molecule has 7 aromatic rings. The van der Waals surface area contributed by atoms with Gasteiger partial charge in [0, 0.05) is 40.9 Å². The number of hydrogen-bond donors (Lipinski definition) is 0. The van der Waals surface area contributed by atoms with Crippen molar-refractivity contribution in [1.29, 1.82) is 0 Å². The van der Waals surface area contributed by atoms with Crippen molar-refractivity contribution in [3.8, 4) is 34.1 Å². The SMILES string of the molecule is Cc1ccnc(-n2c3ccccc3c3ccc(Oc4cccc(-n5cc(-c6ccccc6)cn5)c4)cc32)c1. The first-order valence-electron chi connectivity index (χ1n) is 12.6. The number of ether oxygens (including phenoxy) is 1. The molecule has 0 aliphatic carbocycles. The predicted octanol–water partition coefficient (Wildman–Crippen LogP) is 8.13. The molecule has 5 nitrogen and oxygen atoms in total. The molecule has 4 aromatic carbocycles. The van der Waals surface area contributed by atoms with Gasteiger partial charge in [-0.3, -0.25) is 4.57 Å². The maximum atomic E-state index is 6.38. The highest BCUT2D eigenvalue weighted by atomic mass is 16.5. The van der Waals surface area contributed by atoms with Crippen LogP contribution in [0.15, 0.2) is 128 Å². The Bertz CT molecular complexity index is 1920. The number of hydrogen-bond acceptors (Lipinski definition) is 3. The van der Waals surface area contributed by atoms with E-state index in [1.807, 2.05) is 77.9 Å². The maximum absolute atomic E-state index is 6.38. The van der Waals surface area contributed by atoms with Crippen molar-refractivity contribution >= 4 is 21.8 Å². The smallest absolute Gasteiger partial charge is 0.137 e. The molecule has 0 unspecified atom stereocenters. The quantitative estimate of drug-likeness (QED) is 0.244. The third-order valence-corrected chi connectivity index (χ3v) is 6.78. The zero-order valence-corrected chi connectivity index (χ0v) is 20.8. The summed E-state index contributed by atoms with van der Waals surface area (Å²) in [5.41, 5.74) is 6.48. The minimum Gasteiger partial charge on any atom is -0.457 e. The second-order valence-electron chi connectivity index (χ2n) is 9.36. The molecule has 0 spiro atoms. The van der Waals surface area contributed by atoms with E-state index in [0.29, 0.717) is 0 Å². The molecule has 0 saturated heterocycles. The Hall–Kier alpha value is -5.16. The first-order valence-corrected chi connectivity index (χ1v) is 12.6. The Morgan fingerprint density at radius 1 is 0.658 bits per heavy atom. The van der Waals surface area contributed by atoms with E-state index in [-0.39, 0.29) is 0 Å². The van der Waals surface area contributed by atoms with E-state index in [2.05, 4.69) is 76.2 Å². The Labute approximate surface area is 220 Å². The number of benzene rings is 4. The summed E-state index contributed by atoms with van der Waals surface area (Å²) in [7, 11) is 0. The Balaban J connectivity index is 1.26. The summed E-state index contributed by atoms with van der Waals surface area (Å²) >= 11 is 0. The fourth-order valence-corrected chi connectivity index (χ4v) is 4.97. The summed E-state index contributed by atoms with van der Waals surface area (Å²) in [6.45, 7) is 2.09. The molecule has 0 saturated carbocycles. The largest absolute Gasteiger partial charge is 0.457 e. The molecule has 0 fully saturated rings. The highest BCUT2D eigenvalue weighted by Gasteiger charge is 2.14. The van der Waals surface area contributed by atoms with Crippen LogP contribution in [0.25, 0.3) is 44.4 Å². The number of nitrogens with zero attached hydrogens (tertiary/aromatic N) is 4. The molecule has 0 amide bonds. The van der Waals surface area contributed by atoms with Crippen molar-refractivity contribution in [2.24, 2.45) is 0 Å². The van der Waals surface area contributed by atoms with Gasteiger partial charge >= 0.3 is 0 Å². The van der Waals surface area contributed by atoms with Crippen molar-refractivity contribution < 1.29 is 4.74 Å². The van der Waals surface area contributed by atoms with E-state index in [0.717, 1.165) is 50.6 Å². The van der Waals surface area contributed by atoms with Crippen molar-refractivity contribution in [2.75, 3.05) is 0 Å². The van der Waals surface area contributed by atoms with Gasteiger partial charge in [0.2, 0.25) is 0 Å². The van der Waals surface area contributed by atoms with Gasteiger partial charge in [-0.25, -0.2) is 9.67 Å². The van der Waals surface area contributed by atoms with Crippen LogP contribution in [-0.4, -0.2) is 19.3 Å². The minimum atomic E-state index is 0.745. The number of para-hydroxylation sites is 1. The summed E-state index contributed by atoms with van der Waals surface area (Å²) in [6, 6.07) is 37.0. The topological polar surface area (TPSA) is 44.9 Å². The summed E-state index contributed by atoms with van der Waals surface area (Å²) in [5, 5.41) is 6.93. The zero-order chi connectivity index (χ0) is 25.5. The Morgan fingerprint density at radius 2 is 1.47 bits per heavy atom. The van der Waals surface area contributed by atoms with Gasteiger partial charge in [0.1, 0.15) is 17.3 Å². The van der Waals surface area contributed by atoms with Crippen molar-refractivity contribution in [3.63, 3.8) is 0 Å². The van der Waals surface area contributed by atoms with Crippen LogP contribution in [0, 0.1) is 6.92 Å². The number of fused-ring (bicyclic) bond motifs is 3. The molecule has 3 heterocycles. The van der Waals surface area contributed by atoms with Gasteiger partial charge in [0.25, 0.3) is 0 Å². The molecule has 7 rings (SSSR count). The second-order valence-corrected chi connectivity index (χ2v) is 9.36. The fraction of sp³-hybridized carbons (Fsp3) is 0.0303. The third kappa shape index (κ3) is 3.91. The Morgan fingerprint density at radius 3 is 2.37 bits per heavy atom. The summed E-state index contributed by atoms with van der Waals surface area (Å²) < 4.78 is 10.5. The molecule has 5 heteroatoms. The average Bonchev–Trinajstić information content (AvgIpc) is 3.57. The van der Waals surface area contributed by atoms with Crippen LogP contribution in [0.1, 0.15) is 5.56 Å². The van der Waals surface area contributed by atoms with Crippen LogP contribution in [0.4, 0.5) is 0 Å². The average molecular weight is 493 g/mol. The van der Waals surface area contributed by atoms with Crippen molar-refractivity contribution in [1.82, 2.24) is 19.3 Å². The Kier molecular flexibility index (Phi) is 5.26. The van der Waals surface area contributed by atoms with Crippen LogP contribution in [0.5, 0.6) is 11.5 Å². The number of aryl methyl sites for hydroxylation is 1. The molecule has 3 aromatic heterocycles. The first kappa shape index (κ1) is 22.1. The maximum Gasteiger partial charge on any atom is 0.137 e. The lowest BCUT2D eigenvalue weighted by molar-refractivity contribution is 0.483. The number of pyridine rings is 1. The van der Waals surface area contributed by atoms with Gasteiger partial charge in [-0.15, -0.1) is 0 Å². The second kappa shape index (κ2) is 9.05. The van der Waals surface area contributed by atoms with Crippen LogP contribution in [-0.2, 0) is 0 Å². The van der Waals surface area contributed by atoms with E-state index in [9.17, 15) is 0 Å². The van der Waals surface area contributed by atoms with Crippen molar-refractivity contribution in [2.45, 2.75) is 6.92 Å². The zero-order valence-electron chi connectivity index (χ0n) is 20.8. The summed E-state index contributed by atoms with van der Waals surface area (Å²) in [6.07, 6.45) is 5.78. The minimum absolute atomic E-state index is 0.745. The predicted molar refractivity (Wildman–Crippen MR) is 152 cm³/mol. The van der Waals surface area contributed by atoms with E-state index >= 15 is 0 Å². The molecule has 0 aliphatic heterocycles. The van der Waals surface area contributed by atoms with Gasteiger partial charge in [-0.1, -0.05) is 54.6 Å². The summed E-state index contributed by atoms with van der Waals surface area (Å²) in [4.78, 5) is 4.68. The fourth-order valence-electron chi connectivity index (χ4n) is 4.97. The van der Waals surface area contributed by atoms with Crippen molar-refractivity contribution in [3.05, 3.63) is 133 Å². The van der Waals surface area contributed by atoms with E-state index in [4.69, 9.17) is 4.74 Å². The molecule has 0 bridgehead atoms. The molecular formula is C33H24N4O. The van der Waals surface area contributed by atoms with Gasteiger partial charge in [-0.2, -0.15) is 5.10 Å². The first-order chi connectivity index (χ1) is 18.7. The van der Waals surface area contributed by atoms with E-state index < -0.39 is 0 Å². The molecule has 0 N–H and O–H groups in total. The molecule has 182 valence electrons. The highest BCUT2D eigenvalue weighted by Crippen LogP contribution is 2.35. The lowest BCUT2D eigenvalue weighted by Crippen LogP contribution is -1.97. The molecule has 0 aliphatic rings. The molecule has 0 atom stereocenters. The van der Waals surface area contributed by atoms with Gasteiger partial charge in [-0.05, 0) is 60.5 Å². The number of rotatable bonds is 5. The highest BCUT2D eigenvalue weighted by molar-refractivity contribution is 6.09.